The van der Waals surface area contributed by atoms with E-state index < -0.39 is 17.7 Å². The molecule has 1 aliphatic rings. The Kier molecular flexibility index (Phi) is 6.19. The van der Waals surface area contributed by atoms with E-state index in [0.717, 1.165) is 4.90 Å². The molecule has 3 aromatic carbocycles. The largest absolute Gasteiger partial charge is 0.350 e. The number of anilines is 3. The number of carbonyl (C=O) groups is 3. The summed E-state index contributed by atoms with van der Waals surface area (Å²) in [6.45, 7) is 0. The number of amides is 3. The first-order valence-corrected chi connectivity index (χ1v) is 10.5. The van der Waals surface area contributed by atoms with Gasteiger partial charge in [-0.1, -0.05) is 59.1 Å². The van der Waals surface area contributed by atoms with Crippen LogP contribution in [0.5, 0.6) is 0 Å². The number of nitrogens with zero attached hydrogens (tertiary/aromatic N) is 1. The zero-order valence-corrected chi connectivity index (χ0v) is 18.5. The van der Waals surface area contributed by atoms with Gasteiger partial charge in [-0.3, -0.25) is 14.4 Å². The lowest BCUT2D eigenvalue weighted by Gasteiger charge is -2.15. The summed E-state index contributed by atoms with van der Waals surface area (Å²) in [4.78, 5) is 39.0. The minimum atomic E-state index is -0.628. The van der Waals surface area contributed by atoms with Crippen molar-refractivity contribution in [3.8, 4) is 0 Å². The molecule has 0 radical (unpaired) electrons. The standard InChI is InChI=1S/C23H14Cl3N3O3/c24-14-9-10-18(17(25)12-14)28-21(30)13-5-4-6-15(11-13)27-20-19(26)22(31)29(23(20)32)16-7-2-1-3-8-16/h1-12,27H,(H,28,30). The number of hydrogen-bond donors (Lipinski definition) is 2. The second-order valence-electron chi connectivity index (χ2n) is 6.75. The van der Waals surface area contributed by atoms with Crippen molar-refractivity contribution in [1.82, 2.24) is 0 Å². The van der Waals surface area contributed by atoms with Crippen LogP contribution in [0.1, 0.15) is 10.4 Å². The van der Waals surface area contributed by atoms with Crippen molar-refractivity contribution in [3.63, 3.8) is 0 Å². The molecule has 3 aromatic rings. The molecule has 4 rings (SSSR count). The number of para-hydroxylation sites is 1. The van der Waals surface area contributed by atoms with Gasteiger partial charge >= 0.3 is 0 Å². The summed E-state index contributed by atoms with van der Waals surface area (Å²) < 4.78 is 0. The fraction of sp³-hybridized carbons (Fsp3) is 0. The number of nitrogens with one attached hydrogen (secondary N) is 2. The molecule has 0 saturated heterocycles. The molecule has 0 unspecified atom stereocenters. The average Bonchev–Trinajstić information content (AvgIpc) is 2.99. The van der Waals surface area contributed by atoms with Gasteiger partial charge in [0, 0.05) is 16.3 Å². The topological polar surface area (TPSA) is 78.5 Å². The van der Waals surface area contributed by atoms with E-state index in [-0.39, 0.29) is 10.7 Å². The van der Waals surface area contributed by atoms with E-state index >= 15 is 0 Å². The number of benzene rings is 3. The van der Waals surface area contributed by atoms with Crippen molar-refractivity contribution in [3.05, 3.63) is 99.1 Å². The van der Waals surface area contributed by atoms with Gasteiger partial charge in [-0.2, -0.15) is 0 Å². The Morgan fingerprint density at radius 1 is 0.812 bits per heavy atom. The lowest BCUT2D eigenvalue weighted by molar-refractivity contribution is -0.120. The maximum absolute atomic E-state index is 12.9. The normalized spacial score (nSPS) is 13.5. The minimum absolute atomic E-state index is 0.0705. The Hall–Kier alpha value is -3.32. The van der Waals surface area contributed by atoms with E-state index in [4.69, 9.17) is 34.8 Å². The van der Waals surface area contributed by atoms with Crippen molar-refractivity contribution >= 4 is 69.6 Å². The van der Waals surface area contributed by atoms with E-state index in [1.165, 1.54) is 12.1 Å². The number of hydrogen-bond acceptors (Lipinski definition) is 4. The summed E-state index contributed by atoms with van der Waals surface area (Å²) in [6, 6.07) is 19.6. The molecular formula is C23H14Cl3N3O3. The van der Waals surface area contributed by atoms with Crippen LogP contribution in [0.2, 0.25) is 10.0 Å². The van der Waals surface area contributed by atoms with Gasteiger partial charge in [-0.25, -0.2) is 4.90 Å². The Morgan fingerprint density at radius 2 is 1.56 bits per heavy atom. The quantitative estimate of drug-likeness (QED) is 0.455. The third kappa shape index (κ3) is 4.34. The van der Waals surface area contributed by atoms with E-state index in [1.54, 1.807) is 60.7 Å². The van der Waals surface area contributed by atoms with Crippen molar-refractivity contribution in [2.75, 3.05) is 15.5 Å². The second-order valence-corrected chi connectivity index (χ2v) is 7.98. The van der Waals surface area contributed by atoms with Crippen LogP contribution >= 0.6 is 34.8 Å². The Bertz CT molecular complexity index is 1280. The molecule has 3 amide bonds. The van der Waals surface area contributed by atoms with Crippen LogP contribution < -0.4 is 15.5 Å². The molecule has 2 N–H and O–H groups in total. The van der Waals surface area contributed by atoms with Gasteiger partial charge in [-0.15, -0.1) is 0 Å². The first kappa shape index (κ1) is 21.9. The predicted molar refractivity (Wildman–Crippen MR) is 126 cm³/mol. The third-order valence-corrected chi connectivity index (χ3v) is 5.51. The predicted octanol–water partition coefficient (Wildman–Crippen LogP) is 5.68. The van der Waals surface area contributed by atoms with Crippen LogP contribution in [0.15, 0.2) is 83.5 Å². The zero-order valence-electron chi connectivity index (χ0n) is 16.2. The van der Waals surface area contributed by atoms with Crippen molar-refractivity contribution < 1.29 is 14.4 Å². The second kappa shape index (κ2) is 9.04. The Balaban J connectivity index is 1.54. The Labute approximate surface area is 198 Å². The summed E-state index contributed by atoms with van der Waals surface area (Å²) in [5.74, 6) is -1.64. The van der Waals surface area contributed by atoms with Crippen LogP contribution in [0, 0.1) is 0 Å². The van der Waals surface area contributed by atoms with Gasteiger partial charge < -0.3 is 10.6 Å². The fourth-order valence-corrected chi connectivity index (χ4v) is 3.76. The molecule has 9 heteroatoms. The Morgan fingerprint density at radius 3 is 2.28 bits per heavy atom. The molecule has 160 valence electrons. The molecule has 6 nitrogen and oxygen atoms in total. The van der Waals surface area contributed by atoms with E-state index in [0.29, 0.717) is 32.7 Å². The highest BCUT2D eigenvalue weighted by atomic mass is 35.5. The molecule has 0 bridgehead atoms. The summed E-state index contributed by atoms with van der Waals surface area (Å²) in [7, 11) is 0. The molecule has 0 fully saturated rings. The van der Waals surface area contributed by atoms with Gasteiger partial charge in [-0.05, 0) is 48.5 Å². The lowest BCUT2D eigenvalue weighted by Crippen LogP contribution is -2.32. The number of imide groups is 1. The van der Waals surface area contributed by atoms with E-state index in [1.807, 2.05) is 0 Å². The maximum Gasteiger partial charge on any atom is 0.283 e. The summed E-state index contributed by atoms with van der Waals surface area (Å²) in [6.07, 6.45) is 0. The summed E-state index contributed by atoms with van der Waals surface area (Å²) in [5.41, 5.74) is 1.45. The maximum atomic E-state index is 12.9. The number of rotatable bonds is 5. The highest BCUT2D eigenvalue weighted by Gasteiger charge is 2.38. The lowest BCUT2D eigenvalue weighted by atomic mass is 10.1. The SMILES string of the molecule is O=C(Nc1ccc(Cl)cc1Cl)c1cccc(NC2=C(Cl)C(=O)N(c3ccccc3)C2=O)c1. The monoisotopic (exact) mass is 485 g/mol. The molecule has 1 heterocycles. The van der Waals surface area contributed by atoms with Gasteiger partial charge in [0.2, 0.25) is 0 Å². The summed E-state index contributed by atoms with van der Waals surface area (Å²) >= 11 is 18.1. The first-order chi connectivity index (χ1) is 15.3. The van der Waals surface area contributed by atoms with Crippen LogP contribution in [-0.2, 0) is 9.59 Å². The van der Waals surface area contributed by atoms with Crippen LogP contribution in [0.25, 0.3) is 0 Å². The molecule has 0 saturated carbocycles. The number of halogens is 3. The zero-order chi connectivity index (χ0) is 22.8. The summed E-state index contributed by atoms with van der Waals surface area (Å²) in [5, 5.41) is 6.08. The van der Waals surface area contributed by atoms with E-state index in [9.17, 15) is 14.4 Å². The van der Waals surface area contributed by atoms with Gasteiger partial charge in [0.25, 0.3) is 17.7 Å². The smallest absolute Gasteiger partial charge is 0.283 e. The molecule has 32 heavy (non-hydrogen) atoms. The van der Waals surface area contributed by atoms with Crippen molar-refractivity contribution in [2.24, 2.45) is 0 Å². The molecular weight excluding hydrogens is 473 g/mol. The van der Waals surface area contributed by atoms with Gasteiger partial charge in [0.05, 0.1) is 16.4 Å². The van der Waals surface area contributed by atoms with E-state index in [2.05, 4.69) is 10.6 Å². The van der Waals surface area contributed by atoms with Crippen LogP contribution in [0.4, 0.5) is 17.1 Å². The highest BCUT2D eigenvalue weighted by molar-refractivity contribution is 6.53. The first-order valence-electron chi connectivity index (χ1n) is 9.32. The van der Waals surface area contributed by atoms with Crippen LogP contribution in [0.3, 0.4) is 0 Å². The van der Waals surface area contributed by atoms with Gasteiger partial charge in [0.1, 0.15) is 10.7 Å². The minimum Gasteiger partial charge on any atom is -0.350 e. The fourth-order valence-electron chi connectivity index (χ4n) is 3.09. The molecule has 0 spiro atoms. The van der Waals surface area contributed by atoms with Crippen molar-refractivity contribution in [2.45, 2.75) is 0 Å². The van der Waals surface area contributed by atoms with Crippen molar-refractivity contribution in [1.29, 1.82) is 0 Å². The third-order valence-electron chi connectivity index (χ3n) is 4.62. The highest BCUT2D eigenvalue weighted by Crippen LogP contribution is 2.30. The molecule has 0 aliphatic carbocycles. The molecule has 1 aliphatic heterocycles. The van der Waals surface area contributed by atoms with Crippen LogP contribution in [-0.4, -0.2) is 17.7 Å². The van der Waals surface area contributed by atoms with Gasteiger partial charge in [0.15, 0.2) is 0 Å². The molecule has 0 atom stereocenters. The molecule has 0 aromatic heterocycles. The number of carbonyl (C=O) groups excluding carboxylic acids is 3. The average molecular weight is 487 g/mol.